The van der Waals surface area contributed by atoms with Crippen LogP contribution >= 0.6 is 23.2 Å². The average Bonchev–Trinajstić information content (AvgIpc) is 2.47. The SMILES string of the molecule is COc1ccc(/C=N\NC(=O)c2ccc(Cl)cc2Cl)cc1. The van der Waals surface area contributed by atoms with E-state index in [1.807, 2.05) is 12.1 Å². The lowest BCUT2D eigenvalue weighted by Crippen LogP contribution is -2.18. The fraction of sp³-hybridized carbons (Fsp3) is 0.0667. The van der Waals surface area contributed by atoms with Gasteiger partial charge < -0.3 is 4.74 Å². The van der Waals surface area contributed by atoms with E-state index in [9.17, 15) is 4.79 Å². The van der Waals surface area contributed by atoms with Crippen molar-refractivity contribution in [2.24, 2.45) is 5.10 Å². The number of ether oxygens (including phenoxy) is 1. The number of benzene rings is 2. The van der Waals surface area contributed by atoms with E-state index in [0.717, 1.165) is 11.3 Å². The van der Waals surface area contributed by atoms with Gasteiger partial charge in [-0.15, -0.1) is 0 Å². The van der Waals surface area contributed by atoms with Gasteiger partial charge in [0.25, 0.3) is 5.91 Å². The van der Waals surface area contributed by atoms with Crippen LogP contribution < -0.4 is 10.2 Å². The quantitative estimate of drug-likeness (QED) is 0.688. The van der Waals surface area contributed by atoms with E-state index in [1.54, 1.807) is 31.4 Å². The number of hydrazone groups is 1. The van der Waals surface area contributed by atoms with Crippen molar-refractivity contribution < 1.29 is 9.53 Å². The Morgan fingerprint density at radius 2 is 1.90 bits per heavy atom. The van der Waals surface area contributed by atoms with E-state index >= 15 is 0 Å². The summed E-state index contributed by atoms with van der Waals surface area (Å²) in [5, 5.41) is 4.63. The van der Waals surface area contributed by atoms with Gasteiger partial charge in [-0.05, 0) is 48.0 Å². The Morgan fingerprint density at radius 1 is 1.19 bits per heavy atom. The zero-order valence-corrected chi connectivity index (χ0v) is 12.7. The van der Waals surface area contributed by atoms with Crippen LogP contribution in [0.3, 0.4) is 0 Å². The Morgan fingerprint density at radius 3 is 2.52 bits per heavy atom. The molecule has 0 aliphatic heterocycles. The molecule has 0 aliphatic rings. The van der Waals surface area contributed by atoms with Crippen LogP contribution in [0.1, 0.15) is 15.9 Å². The summed E-state index contributed by atoms with van der Waals surface area (Å²) < 4.78 is 5.05. The van der Waals surface area contributed by atoms with Gasteiger partial charge in [-0.1, -0.05) is 23.2 Å². The normalized spacial score (nSPS) is 10.6. The molecule has 0 aromatic heterocycles. The lowest BCUT2D eigenvalue weighted by Gasteiger charge is -2.03. The molecule has 0 spiro atoms. The van der Waals surface area contributed by atoms with E-state index in [1.165, 1.54) is 12.3 Å². The number of nitrogens with zero attached hydrogens (tertiary/aromatic N) is 1. The van der Waals surface area contributed by atoms with Gasteiger partial charge in [0.15, 0.2) is 0 Å². The molecular weight excluding hydrogens is 311 g/mol. The summed E-state index contributed by atoms with van der Waals surface area (Å²) in [6.07, 6.45) is 1.53. The number of amides is 1. The first-order valence-electron chi connectivity index (χ1n) is 6.02. The van der Waals surface area contributed by atoms with Crippen LogP contribution in [0.2, 0.25) is 10.0 Å². The maximum atomic E-state index is 11.9. The minimum atomic E-state index is -0.401. The Kier molecular flexibility index (Phi) is 5.20. The van der Waals surface area contributed by atoms with Crippen molar-refractivity contribution in [3.05, 3.63) is 63.6 Å². The molecule has 21 heavy (non-hydrogen) atoms. The number of nitrogens with one attached hydrogen (secondary N) is 1. The third-order valence-corrected chi connectivity index (χ3v) is 3.22. The lowest BCUT2D eigenvalue weighted by atomic mass is 10.2. The first-order valence-corrected chi connectivity index (χ1v) is 6.78. The van der Waals surface area contributed by atoms with Crippen molar-refractivity contribution in [2.45, 2.75) is 0 Å². The van der Waals surface area contributed by atoms with E-state index < -0.39 is 5.91 Å². The second kappa shape index (κ2) is 7.11. The highest BCUT2D eigenvalue weighted by Crippen LogP contribution is 2.20. The monoisotopic (exact) mass is 322 g/mol. The van der Waals surface area contributed by atoms with Crippen LogP contribution in [0.15, 0.2) is 47.6 Å². The van der Waals surface area contributed by atoms with Gasteiger partial charge in [-0.25, -0.2) is 5.43 Å². The Hall–Kier alpha value is -2.04. The van der Waals surface area contributed by atoms with Gasteiger partial charge in [0.2, 0.25) is 0 Å². The van der Waals surface area contributed by atoms with Gasteiger partial charge in [-0.3, -0.25) is 4.79 Å². The standard InChI is InChI=1S/C15H12Cl2N2O2/c1-21-12-5-2-10(3-6-12)9-18-19-15(20)13-7-4-11(16)8-14(13)17/h2-9H,1H3,(H,19,20)/b18-9-. The smallest absolute Gasteiger partial charge is 0.272 e. The Balaban J connectivity index is 2.01. The number of hydrogen-bond acceptors (Lipinski definition) is 3. The van der Waals surface area contributed by atoms with Gasteiger partial charge in [0.05, 0.1) is 23.9 Å². The Bertz CT molecular complexity index is 670. The molecule has 0 aliphatic carbocycles. The van der Waals surface area contributed by atoms with Crippen molar-refractivity contribution in [3.8, 4) is 5.75 Å². The van der Waals surface area contributed by atoms with Crippen molar-refractivity contribution in [1.82, 2.24) is 5.43 Å². The number of hydrogen-bond donors (Lipinski definition) is 1. The molecule has 0 radical (unpaired) electrons. The maximum absolute atomic E-state index is 11.9. The van der Waals surface area contributed by atoms with Crippen LogP contribution in [-0.2, 0) is 0 Å². The lowest BCUT2D eigenvalue weighted by molar-refractivity contribution is 0.0955. The third kappa shape index (κ3) is 4.21. The van der Waals surface area contributed by atoms with Crippen LogP contribution in [-0.4, -0.2) is 19.2 Å². The van der Waals surface area contributed by atoms with Crippen molar-refractivity contribution in [2.75, 3.05) is 7.11 Å². The Labute approximate surface area is 132 Å². The van der Waals surface area contributed by atoms with E-state index in [0.29, 0.717) is 10.6 Å². The topological polar surface area (TPSA) is 50.7 Å². The molecule has 0 fully saturated rings. The van der Waals surface area contributed by atoms with Crippen LogP contribution in [0.4, 0.5) is 0 Å². The minimum absolute atomic E-state index is 0.277. The van der Waals surface area contributed by atoms with E-state index in [2.05, 4.69) is 10.5 Å². The van der Waals surface area contributed by atoms with Gasteiger partial charge in [0.1, 0.15) is 5.75 Å². The zero-order chi connectivity index (χ0) is 15.2. The highest BCUT2D eigenvalue weighted by molar-refractivity contribution is 6.36. The molecule has 6 heteroatoms. The molecule has 2 aromatic rings. The molecule has 0 heterocycles. The summed E-state index contributed by atoms with van der Waals surface area (Å²) in [4.78, 5) is 11.9. The van der Waals surface area contributed by atoms with Gasteiger partial charge in [-0.2, -0.15) is 5.10 Å². The van der Waals surface area contributed by atoms with Crippen molar-refractivity contribution in [1.29, 1.82) is 0 Å². The average molecular weight is 323 g/mol. The molecule has 0 saturated heterocycles. The number of halogens is 2. The molecule has 0 saturated carbocycles. The molecular formula is C15H12Cl2N2O2. The molecule has 0 atom stereocenters. The summed E-state index contributed by atoms with van der Waals surface area (Å²) >= 11 is 11.7. The zero-order valence-electron chi connectivity index (χ0n) is 11.1. The van der Waals surface area contributed by atoms with Crippen LogP contribution in [0, 0.1) is 0 Å². The fourth-order valence-electron chi connectivity index (χ4n) is 1.59. The van der Waals surface area contributed by atoms with Crippen LogP contribution in [0.5, 0.6) is 5.75 Å². The largest absolute Gasteiger partial charge is 0.497 e. The highest BCUT2D eigenvalue weighted by atomic mass is 35.5. The summed E-state index contributed by atoms with van der Waals surface area (Å²) in [5.41, 5.74) is 3.55. The van der Waals surface area contributed by atoms with Gasteiger partial charge >= 0.3 is 0 Å². The first-order chi connectivity index (χ1) is 10.1. The number of carbonyl (C=O) groups is 1. The third-order valence-electron chi connectivity index (χ3n) is 2.67. The second-order valence-electron chi connectivity index (χ2n) is 4.10. The second-order valence-corrected chi connectivity index (χ2v) is 4.94. The summed E-state index contributed by atoms with van der Waals surface area (Å²) in [7, 11) is 1.60. The number of carbonyl (C=O) groups excluding carboxylic acids is 1. The predicted octanol–water partition coefficient (Wildman–Crippen LogP) is 3.77. The number of rotatable bonds is 4. The van der Waals surface area contributed by atoms with Crippen molar-refractivity contribution in [3.63, 3.8) is 0 Å². The fourth-order valence-corrected chi connectivity index (χ4v) is 2.08. The van der Waals surface area contributed by atoms with Crippen molar-refractivity contribution >= 4 is 35.3 Å². The molecule has 0 unspecified atom stereocenters. The molecule has 2 aromatic carbocycles. The molecule has 1 N–H and O–H groups in total. The van der Waals surface area contributed by atoms with E-state index in [-0.39, 0.29) is 5.02 Å². The molecule has 4 nitrogen and oxygen atoms in total. The predicted molar refractivity (Wildman–Crippen MR) is 84.5 cm³/mol. The minimum Gasteiger partial charge on any atom is -0.497 e. The summed E-state index contributed by atoms with van der Waals surface area (Å²) in [6, 6.07) is 11.9. The van der Waals surface area contributed by atoms with Crippen LogP contribution in [0.25, 0.3) is 0 Å². The highest BCUT2D eigenvalue weighted by Gasteiger charge is 2.09. The first kappa shape index (κ1) is 15.4. The summed E-state index contributed by atoms with van der Waals surface area (Å²) in [6.45, 7) is 0. The maximum Gasteiger partial charge on any atom is 0.272 e. The summed E-state index contributed by atoms with van der Waals surface area (Å²) in [5.74, 6) is 0.352. The molecule has 108 valence electrons. The molecule has 1 amide bonds. The number of methoxy groups -OCH3 is 1. The van der Waals surface area contributed by atoms with E-state index in [4.69, 9.17) is 27.9 Å². The molecule has 2 rings (SSSR count). The molecule has 0 bridgehead atoms. The van der Waals surface area contributed by atoms with Gasteiger partial charge in [0, 0.05) is 5.02 Å².